The summed E-state index contributed by atoms with van der Waals surface area (Å²) >= 11 is 7.41. The van der Waals surface area contributed by atoms with Crippen LogP contribution in [0.2, 0.25) is 0 Å². The van der Waals surface area contributed by atoms with E-state index in [-0.39, 0.29) is 10.8 Å². The van der Waals surface area contributed by atoms with E-state index in [2.05, 4.69) is 97.7 Å². The van der Waals surface area contributed by atoms with E-state index in [9.17, 15) is 0 Å². The minimum atomic E-state index is -0.0219. The van der Waals surface area contributed by atoms with Gasteiger partial charge >= 0.3 is 0 Å². The Labute approximate surface area is 243 Å². The molecule has 0 aliphatic heterocycles. The molecule has 4 rings (SSSR count). The topological polar surface area (TPSA) is 44.2 Å². The predicted octanol–water partition coefficient (Wildman–Crippen LogP) is 9.61. The van der Waals surface area contributed by atoms with E-state index in [4.69, 9.17) is 19.4 Å². The molecule has 0 amide bonds. The summed E-state index contributed by atoms with van der Waals surface area (Å²) in [5.74, 6) is 1.52. The van der Waals surface area contributed by atoms with Gasteiger partial charge in [-0.2, -0.15) is 0 Å². The van der Waals surface area contributed by atoms with Gasteiger partial charge in [0.2, 0.25) is 0 Å². The third kappa shape index (κ3) is 5.81. The van der Waals surface area contributed by atoms with Crippen molar-refractivity contribution in [2.75, 3.05) is 14.2 Å². The van der Waals surface area contributed by atoms with Gasteiger partial charge in [-0.25, -0.2) is 9.97 Å². The van der Waals surface area contributed by atoms with Gasteiger partial charge in [0.05, 0.1) is 45.9 Å². The molecule has 4 nitrogen and oxygen atoms in total. The maximum Gasteiger partial charge on any atom is 0.142 e. The van der Waals surface area contributed by atoms with Gasteiger partial charge in [-0.3, -0.25) is 0 Å². The Hall–Kier alpha value is -2.70. The standard InChI is InChI=1S/C32H34Br2N2O2/c1-31(2,3)19-15-21(29(37-7)23(33)17-19)25-11-9-13-27(35-25)28-14-10-12-26(36-28)22-16-20(32(4,5)6)18-24(34)30(22)38-8/h9-18H,1-8H3. The Balaban J connectivity index is 1.85. The molecular formula is C32H34Br2N2O2. The Morgan fingerprint density at radius 1 is 0.553 bits per heavy atom. The molecule has 0 spiro atoms. The summed E-state index contributed by atoms with van der Waals surface area (Å²) < 4.78 is 13.4. The summed E-state index contributed by atoms with van der Waals surface area (Å²) in [7, 11) is 3.37. The molecule has 0 unspecified atom stereocenters. The van der Waals surface area contributed by atoms with E-state index in [1.165, 1.54) is 11.1 Å². The van der Waals surface area contributed by atoms with E-state index in [1.54, 1.807) is 14.2 Å². The molecule has 0 aliphatic carbocycles. The summed E-state index contributed by atoms with van der Waals surface area (Å²) in [6.45, 7) is 13.2. The van der Waals surface area contributed by atoms with Gasteiger partial charge in [0.25, 0.3) is 0 Å². The van der Waals surface area contributed by atoms with Gasteiger partial charge in [0.1, 0.15) is 11.5 Å². The molecule has 0 bridgehead atoms. The first-order chi connectivity index (χ1) is 17.8. The number of benzene rings is 2. The van der Waals surface area contributed by atoms with Crippen LogP contribution in [0.4, 0.5) is 0 Å². The van der Waals surface area contributed by atoms with Gasteiger partial charge in [-0.05, 0) is 102 Å². The minimum absolute atomic E-state index is 0.0219. The molecule has 0 atom stereocenters. The molecular weight excluding hydrogens is 604 g/mol. The fourth-order valence-corrected chi connectivity index (χ4v) is 5.55. The van der Waals surface area contributed by atoms with Gasteiger partial charge < -0.3 is 9.47 Å². The molecule has 0 radical (unpaired) electrons. The predicted molar refractivity (Wildman–Crippen MR) is 164 cm³/mol. The average molecular weight is 638 g/mol. The summed E-state index contributed by atoms with van der Waals surface area (Å²) in [4.78, 5) is 10.1. The van der Waals surface area contributed by atoms with Gasteiger partial charge in [0.15, 0.2) is 0 Å². The number of ether oxygens (including phenoxy) is 2. The van der Waals surface area contributed by atoms with E-state index >= 15 is 0 Å². The lowest BCUT2D eigenvalue weighted by Gasteiger charge is -2.22. The van der Waals surface area contributed by atoms with Crippen LogP contribution < -0.4 is 9.47 Å². The van der Waals surface area contributed by atoms with Crippen molar-refractivity contribution in [1.29, 1.82) is 0 Å². The van der Waals surface area contributed by atoms with Crippen molar-refractivity contribution in [2.45, 2.75) is 52.4 Å². The van der Waals surface area contributed by atoms with Crippen LogP contribution >= 0.6 is 31.9 Å². The molecule has 4 aromatic rings. The van der Waals surface area contributed by atoms with Crippen molar-refractivity contribution < 1.29 is 9.47 Å². The second kappa shape index (κ2) is 10.8. The number of hydrogen-bond donors (Lipinski definition) is 0. The van der Waals surface area contributed by atoms with E-state index in [0.717, 1.165) is 54.3 Å². The van der Waals surface area contributed by atoms with Crippen LogP contribution in [0.3, 0.4) is 0 Å². The lowest BCUT2D eigenvalue weighted by atomic mass is 9.85. The summed E-state index contributed by atoms with van der Waals surface area (Å²) in [5, 5.41) is 0. The van der Waals surface area contributed by atoms with Crippen LogP contribution in [-0.2, 0) is 10.8 Å². The first kappa shape index (κ1) is 28.3. The van der Waals surface area contributed by atoms with Crippen LogP contribution in [-0.4, -0.2) is 24.2 Å². The van der Waals surface area contributed by atoms with Crippen molar-refractivity contribution in [3.8, 4) is 45.4 Å². The maximum absolute atomic E-state index is 5.78. The number of rotatable bonds is 5. The van der Waals surface area contributed by atoms with Crippen molar-refractivity contribution in [1.82, 2.24) is 9.97 Å². The third-order valence-electron chi connectivity index (χ3n) is 6.54. The molecule has 2 aromatic carbocycles. The highest BCUT2D eigenvalue weighted by molar-refractivity contribution is 9.11. The van der Waals surface area contributed by atoms with E-state index in [1.807, 2.05) is 36.4 Å². The van der Waals surface area contributed by atoms with Crippen molar-refractivity contribution in [2.24, 2.45) is 0 Å². The van der Waals surface area contributed by atoms with Gasteiger partial charge in [0, 0.05) is 11.1 Å². The van der Waals surface area contributed by atoms with Crippen LogP contribution in [0.25, 0.3) is 33.9 Å². The summed E-state index contributed by atoms with van der Waals surface area (Å²) in [6.07, 6.45) is 0. The van der Waals surface area contributed by atoms with Gasteiger partial charge in [-0.1, -0.05) is 53.7 Å². The monoisotopic (exact) mass is 636 g/mol. The van der Waals surface area contributed by atoms with E-state index in [0.29, 0.717) is 0 Å². The van der Waals surface area contributed by atoms with Crippen LogP contribution in [0.5, 0.6) is 11.5 Å². The second-order valence-corrected chi connectivity index (χ2v) is 13.1. The Morgan fingerprint density at radius 3 is 1.21 bits per heavy atom. The Morgan fingerprint density at radius 2 is 0.895 bits per heavy atom. The zero-order chi connectivity index (χ0) is 27.8. The Kier molecular flexibility index (Phi) is 8.06. The number of pyridine rings is 2. The number of aromatic nitrogens is 2. The summed E-state index contributed by atoms with van der Waals surface area (Å²) in [6, 6.07) is 20.6. The molecule has 0 saturated heterocycles. The molecule has 6 heteroatoms. The minimum Gasteiger partial charge on any atom is -0.495 e. The van der Waals surface area contributed by atoms with Crippen LogP contribution in [0, 0.1) is 0 Å². The molecule has 0 N–H and O–H groups in total. The molecule has 0 aliphatic rings. The zero-order valence-corrected chi connectivity index (χ0v) is 26.4. The molecule has 0 fully saturated rings. The van der Waals surface area contributed by atoms with Crippen molar-refractivity contribution in [3.05, 3.63) is 80.7 Å². The number of hydrogen-bond acceptors (Lipinski definition) is 4. The highest BCUT2D eigenvalue weighted by Gasteiger charge is 2.22. The number of nitrogens with zero attached hydrogens (tertiary/aromatic N) is 2. The van der Waals surface area contributed by atoms with Crippen molar-refractivity contribution in [3.63, 3.8) is 0 Å². The normalized spacial score (nSPS) is 11.9. The Bertz CT molecular complexity index is 1370. The van der Waals surface area contributed by atoms with Crippen LogP contribution in [0.1, 0.15) is 52.7 Å². The highest BCUT2D eigenvalue weighted by Crippen LogP contribution is 2.42. The summed E-state index contributed by atoms with van der Waals surface area (Å²) in [5.41, 5.74) is 7.45. The molecule has 0 saturated carbocycles. The maximum atomic E-state index is 5.78. The SMILES string of the molecule is COc1c(Br)cc(C(C)(C)C)cc1-c1cccc(-c2cccc(-c3cc(C(C)(C)C)cc(Br)c3OC)n2)n1. The number of methoxy groups -OCH3 is 2. The molecule has 2 aromatic heterocycles. The van der Waals surface area contributed by atoms with E-state index < -0.39 is 0 Å². The number of halogens is 2. The van der Waals surface area contributed by atoms with Gasteiger partial charge in [-0.15, -0.1) is 0 Å². The van der Waals surface area contributed by atoms with Crippen molar-refractivity contribution >= 4 is 31.9 Å². The lowest BCUT2D eigenvalue weighted by Crippen LogP contribution is -2.11. The molecule has 38 heavy (non-hydrogen) atoms. The highest BCUT2D eigenvalue weighted by atomic mass is 79.9. The zero-order valence-electron chi connectivity index (χ0n) is 23.2. The quantitative estimate of drug-likeness (QED) is 0.219. The largest absolute Gasteiger partial charge is 0.495 e. The fraction of sp³-hybridized carbons (Fsp3) is 0.312. The van der Waals surface area contributed by atoms with Crippen LogP contribution in [0.15, 0.2) is 69.6 Å². The first-order valence-electron chi connectivity index (χ1n) is 12.5. The third-order valence-corrected chi connectivity index (χ3v) is 7.72. The molecule has 198 valence electrons. The smallest absolute Gasteiger partial charge is 0.142 e. The first-order valence-corrected chi connectivity index (χ1v) is 14.1. The lowest BCUT2D eigenvalue weighted by molar-refractivity contribution is 0.413. The second-order valence-electron chi connectivity index (χ2n) is 11.4. The molecule has 2 heterocycles. The fourth-order valence-electron chi connectivity index (χ4n) is 4.30. The average Bonchev–Trinajstić information content (AvgIpc) is 2.86.